The SMILES string of the molecule is CC(C)(C)C(Cl)=NN(Cl)c1ccc(Cl)c([N+](=O)[O-])c1. The Bertz CT molecular complexity index is 526. The average molecular weight is 325 g/mol. The third-order valence-electron chi connectivity index (χ3n) is 2.13. The van der Waals surface area contributed by atoms with Crippen LogP contribution < -0.4 is 4.53 Å². The molecule has 0 unspecified atom stereocenters. The summed E-state index contributed by atoms with van der Waals surface area (Å²) >= 11 is 17.6. The standard InChI is InChI=1S/C11H12Cl3N3O2/c1-11(2,3)10(13)15-16(14)7-4-5-8(12)9(6-7)17(18)19/h4-6H,1-3H3. The minimum Gasteiger partial charge on any atom is -0.258 e. The molecular weight excluding hydrogens is 312 g/mol. The van der Waals surface area contributed by atoms with Crippen LogP contribution in [-0.2, 0) is 0 Å². The van der Waals surface area contributed by atoms with Gasteiger partial charge in [-0.2, -0.15) is 4.53 Å². The van der Waals surface area contributed by atoms with Gasteiger partial charge in [-0.1, -0.05) is 44.0 Å². The Morgan fingerprint density at radius 3 is 2.47 bits per heavy atom. The maximum atomic E-state index is 10.8. The largest absolute Gasteiger partial charge is 0.290 e. The van der Waals surface area contributed by atoms with Crippen molar-refractivity contribution in [2.75, 3.05) is 4.53 Å². The van der Waals surface area contributed by atoms with Crippen molar-refractivity contribution < 1.29 is 4.92 Å². The van der Waals surface area contributed by atoms with Gasteiger partial charge in [-0.3, -0.25) is 10.1 Å². The van der Waals surface area contributed by atoms with Crippen molar-refractivity contribution >= 4 is 51.5 Å². The van der Waals surface area contributed by atoms with Gasteiger partial charge in [-0.15, -0.1) is 5.10 Å². The normalized spacial score (nSPS) is 12.4. The molecule has 0 aromatic heterocycles. The number of benzene rings is 1. The van der Waals surface area contributed by atoms with Gasteiger partial charge in [0.2, 0.25) is 0 Å². The minimum absolute atomic E-state index is 0.0321. The van der Waals surface area contributed by atoms with Crippen molar-refractivity contribution in [2.45, 2.75) is 20.8 Å². The van der Waals surface area contributed by atoms with Gasteiger partial charge in [-0.05, 0) is 12.1 Å². The lowest BCUT2D eigenvalue weighted by molar-refractivity contribution is -0.384. The van der Waals surface area contributed by atoms with E-state index in [9.17, 15) is 10.1 Å². The Balaban J connectivity index is 3.11. The number of hydrazone groups is 1. The molecule has 0 atom stereocenters. The fourth-order valence-corrected chi connectivity index (χ4v) is 1.52. The quantitative estimate of drug-likeness (QED) is 0.347. The molecule has 0 radical (unpaired) electrons. The molecule has 5 nitrogen and oxygen atoms in total. The molecule has 0 amide bonds. The van der Waals surface area contributed by atoms with Crippen LogP contribution in [0.2, 0.25) is 5.02 Å². The highest BCUT2D eigenvalue weighted by molar-refractivity contribution is 6.66. The Hall–Kier alpha value is -1.04. The lowest BCUT2D eigenvalue weighted by atomic mass is 9.99. The van der Waals surface area contributed by atoms with Gasteiger partial charge in [0.25, 0.3) is 5.69 Å². The molecule has 1 aromatic carbocycles. The van der Waals surface area contributed by atoms with Crippen molar-refractivity contribution in [1.82, 2.24) is 0 Å². The van der Waals surface area contributed by atoms with Crippen LogP contribution in [0.15, 0.2) is 23.3 Å². The second-order valence-corrected chi connectivity index (χ2v) is 5.88. The summed E-state index contributed by atoms with van der Waals surface area (Å²) in [5.41, 5.74) is -0.306. The van der Waals surface area contributed by atoms with Crippen LogP contribution in [0, 0.1) is 15.5 Å². The molecular formula is C11H12Cl3N3O2. The van der Waals surface area contributed by atoms with Gasteiger partial charge >= 0.3 is 0 Å². The highest BCUT2D eigenvalue weighted by atomic mass is 35.5. The lowest BCUT2D eigenvalue weighted by Crippen LogP contribution is -2.18. The van der Waals surface area contributed by atoms with E-state index in [1.165, 1.54) is 18.2 Å². The predicted molar refractivity (Wildman–Crippen MR) is 79.2 cm³/mol. The molecule has 1 rings (SSSR count). The van der Waals surface area contributed by atoms with Crippen LogP contribution in [0.1, 0.15) is 20.8 Å². The van der Waals surface area contributed by atoms with Crippen LogP contribution in [0.5, 0.6) is 0 Å². The summed E-state index contributed by atoms with van der Waals surface area (Å²) in [6.07, 6.45) is 0. The van der Waals surface area contributed by atoms with Gasteiger partial charge in [0.05, 0.1) is 10.6 Å². The van der Waals surface area contributed by atoms with Crippen LogP contribution in [-0.4, -0.2) is 10.1 Å². The highest BCUT2D eigenvalue weighted by Gasteiger charge is 2.20. The van der Waals surface area contributed by atoms with E-state index in [0.717, 1.165) is 4.53 Å². The van der Waals surface area contributed by atoms with E-state index in [-0.39, 0.29) is 21.3 Å². The molecule has 0 aliphatic carbocycles. The topological polar surface area (TPSA) is 58.7 Å². The Morgan fingerprint density at radius 1 is 1.42 bits per heavy atom. The van der Waals surface area contributed by atoms with Gasteiger partial charge in [0.1, 0.15) is 10.2 Å². The number of rotatable bonds is 3. The van der Waals surface area contributed by atoms with Crippen LogP contribution in [0.3, 0.4) is 0 Å². The number of hydrogen-bond acceptors (Lipinski definition) is 4. The minimum atomic E-state index is -0.592. The van der Waals surface area contributed by atoms with Crippen LogP contribution in [0.4, 0.5) is 11.4 Å². The zero-order valence-electron chi connectivity index (χ0n) is 10.5. The molecule has 0 N–H and O–H groups in total. The molecule has 0 bridgehead atoms. The molecule has 19 heavy (non-hydrogen) atoms. The second-order valence-electron chi connectivity index (χ2n) is 4.79. The molecule has 0 saturated carbocycles. The number of nitro groups is 1. The summed E-state index contributed by atoms with van der Waals surface area (Å²) in [6, 6.07) is 4.12. The second kappa shape index (κ2) is 5.94. The van der Waals surface area contributed by atoms with Crippen molar-refractivity contribution in [3.8, 4) is 0 Å². The first kappa shape index (κ1) is 16.0. The van der Waals surface area contributed by atoms with Gasteiger partial charge in [0, 0.05) is 23.3 Å². The predicted octanol–water partition coefficient (Wildman–Crippen LogP) is 4.81. The van der Waals surface area contributed by atoms with Crippen LogP contribution >= 0.6 is 35.0 Å². The number of halogens is 3. The van der Waals surface area contributed by atoms with Gasteiger partial charge in [0.15, 0.2) is 0 Å². The Labute approximate surface area is 126 Å². The molecule has 0 fully saturated rings. The lowest BCUT2D eigenvalue weighted by Gasteiger charge is -2.18. The number of anilines is 1. The van der Waals surface area contributed by atoms with E-state index in [4.69, 9.17) is 35.0 Å². The first-order valence-corrected chi connectivity index (χ1v) is 6.36. The summed E-state index contributed by atoms with van der Waals surface area (Å²) in [4.78, 5) is 10.2. The molecule has 0 spiro atoms. The molecule has 0 aliphatic rings. The van der Waals surface area contributed by atoms with E-state index >= 15 is 0 Å². The number of nitrogens with zero attached hydrogens (tertiary/aromatic N) is 3. The third kappa shape index (κ3) is 4.23. The molecule has 0 saturated heterocycles. The molecule has 1 aromatic rings. The summed E-state index contributed by atoms with van der Waals surface area (Å²) in [5, 5.41) is 15.0. The average Bonchev–Trinajstić information content (AvgIpc) is 2.27. The maximum absolute atomic E-state index is 10.8. The Kier molecular flexibility index (Phi) is 5.01. The van der Waals surface area contributed by atoms with Gasteiger partial charge in [-0.25, -0.2) is 0 Å². The summed E-state index contributed by atoms with van der Waals surface area (Å²) in [7, 11) is 0. The van der Waals surface area contributed by atoms with E-state index < -0.39 is 4.92 Å². The van der Waals surface area contributed by atoms with E-state index in [1.54, 1.807) is 0 Å². The summed E-state index contributed by atoms with van der Waals surface area (Å²) in [5.74, 6) is 0. The molecule has 8 heteroatoms. The van der Waals surface area contributed by atoms with Crippen molar-refractivity contribution in [1.29, 1.82) is 0 Å². The van der Waals surface area contributed by atoms with Gasteiger partial charge < -0.3 is 0 Å². The van der Waals surface area contributed by atoms with E-state index in [1.807, 2.05) is 20.8 Å². The van der Waals surface area contributed by atoms with Crippen molar-refractivity contribution in [2.24, 2.45) is 10.5 Å². The number of nitro benzene ring substituents is 1. The van der Waals surface area contributed by atoms with E-state index in [2.05, 4.69) is 5.10 Å². The van der Waals surface area contributed by atoms with Crippen molar-refractivity contribution in [3.63, 3.8) is 0 Å². The van der Waals surface area contributed by atoms with E-state index in [0.29, 0.717) is 5.69 Å². The fraction of sp³-hybridized carbons (Fsp3) is 0.364. The summed E-state index contributed by atoms with van der Waals surface area (Å²) in [6.45, 7) is 5.61. The Morgan fingerprint density at radius 2 is 2.00 bits per heavy atom. The smallest absolute Gasteiger partial charge is 0.258 e. The maximum Gasteiger partial charge on any atom is 0.290 e. The zero-order chi connectivity index (χ0) is 14.8. The summed E-state index contributed by atoms with van der Waals surface area (Å²) < 4.78 is 0.955. The zero-order valence-corrected chi connectivity index (χ0v) is 12.8. The third-order valence-corrected chi connectivity index (χ3v) is 3.37. The molecule has 0 aliphatic heterocycles. The van der Waals surface area contributed by atoms with Crippen molar-refractivity contribution in [3.05, 3.63) is 33.3 Å². The van der Waals surface area contributed by atoms with Crippen LogP contribution in [0.25, 0.3) is 0 Å². The number of hydrogen-bond donors (Lipinski definition) is 0. The monoisotopic (exact) mass is 323 g/mol. The molecule has 0 heterocycles. The molecule has 104 valence electrons. The first-order chi connectivity index (χ1) is 8.62. The first-order valence-electron chi connectivity index (χ1n) is 5.27. The highest BCUT2D eigenvalue weighted by Crippen LogP contribution is 2.31. The fourth-order valence-electron chi connectivity index (χ4n) is 1.04.